The van der Waals surface area contributed by atoms with E-state index in [-0.39, 0.29) is 5.96 Å². The lowest BCUT2D eigenvalue weighted by Crippen LogP contribution is -2.44. The molecule has 0 saturated carbocycles. The number of rotatable bonds is 7. The number of unbranched alkanes of at least 4 members (excludes halogenated alkanes) is 2. The number of hydrogen-bond donors (Lipinski definition) is 2. The van der Waals surface area contributed by atoms with Gasteiger partial charge in [0.1, 0.15) is 17.4 Å². The number of amides is 2. The molecule has 2 aromatic carbocycles. The van der Waals surface area contributed by atoms with E-state index in [4.69, 9.17) is 14.0 Å². The van der Waals surface area contributed by atoms with Crippen molar-refractivity contribution in [1.29, 1.82) is 0 Å². The van der Waals surface area contributed by atoms with E-state index in [0.717, 1.165) is 47.8 Å². The van der Waals surface area contributed by atoms with Crippen molar-refractivity contribution in [3.05, 3.63) is 42.3 Å². The molecule has 0 radical (unpaired) electrons. The van der Waals surface area contributed by atoms with Gasteiger partial charge in [0.15, 0.2) is 0 Å². The van der Waals surface area contributed by atoms with E-state index in [0.29, 0.717) is 31.3 Å². The largest absolute Gasteiger partial charge is 0.494 e. The van der Waals surface area contributed by atoms with Crippen molar-refractivity contribution in [2.24, 2.45) is 4.99 Å². The Morgan fingerprint density at radius 1 is 1.18 bits per heavy atom. The van der Waals surface area contributed by atoms with Crippen LogP contribution in [-0.4, -0.2) is 57.0 Å². The van der Waals surface area contributed by atoms with E-state index in [2.05, 4.69) is 27.4 Å². The molecule has 4 rings (SSSR count). The van der Waals surface area contributed by atoms with E-state index in [1.54, 1.807) is 25.7 Å². The second-order valence-electron chi connectivity index (χ2n) is 10.4. The summed E-state index contributed by atoms with van der Waals surface area (Å²) in [6, 6.07) is 11.4. The lowest BCUT2D eigenvalue weighted by atomic mass is 10.1. The van der Waals surface area contributed by atoms with Gasteiger partial charge in [-0.05, 0) is 69.0 Å². The third-order valence-electron chi connectivity index (χ3n) is 6.15. The molecule has 2 amide bonds. The second kappa shape index (κ2) is 12.1. The summed E-state index contributed by atoms with van der Waals surface area (Å²) in [5, 5.41) is 17.8. The average molecular weight is 538 g/mol. The molecule has 11 heteroatoms. The van der Waals surface area contributed by atoms with E-state index >= 15 is 0 Å². The first-order valence-corrected chi connectivity index (χ1v) is 13.2. The summed E-state index contributed by atoms with van der Waals surface area (Å²) in [7, 11) is 0. The van der Waals surface area contributed by atoms with Crippen molar-refractivity contribution < 1.29 is 28.7 Å². The Morgan fingerprint density at radius 3 is 2.69 bits per heavy atom. The number of aliphatic imine (C=N–C) groups is 1. The minimum absolute atomic E-state index is 0.141. The van der Waals surface area contributed by atoms with Crippen LogP contribution in [0.1, 0.15) is 71.7 Å². The summed E-state index contributed by atoms with van der Waals surface area (Å²) >= 11 is 0. The molecule has 1 saturated heterocycles. The van der Waals surface area contributed by atoms with Gasteiger partial charge in [-0.15, -0.1) is 4.99 Å². The summed E-state index contributed by atoms with van der Waals surface area (Å²) in [6.45, 7) is 8.43. The molecule has 1 fully saturated rings. The maximum atomic E-state index is 12.3. The molecular formula is C28H35N5O6. The Balaban J connectivity index is 1.52. The predicted octanol–water partition coefficient (Wildman–Crippen LogP) is 6.15. The van der Waals surface area contributed by atoms with Crippen LogP contribution in [-0.2, 0) is 4.74 Å². The number of hydrogen-bond acceptors (Lipinski definition) is 7. The highest BCUT2D eigenvalue weighted by Crippen LogP contribution is 2.33. The second-order valence-corrected chi connectivity index (χ2v) is 10.4. The van der Waals surface area contributed by atoms with Crippen LogP contribution in [0.4, 0.5) is 9.59 Å². The quantitative estimate of drug-likeness (QED) is 0.206. The van der Waals surface area contributed by atoms with Crippen LogP contribution in [0.5, 0.6) is 5.75 Å². The molecule has 2 heterocycles. The van der Waals surface area contributed by atoms with Gasteiger partial charge in [-0.1, -0.05) is 43.1 Å². The smallest absolute Gasteiger partial charge is 0.437 e. The van der Waals surface area contributed by atoms with Gasteiger partial charge in [-0.2, -0.15) is 4.98 Å². The molecule has 1 atom stereocenters. The monoisotopic (exact) mass is 537 g/mol. The summed E-state index contributed by atoms with van der Waals surface area (Å²) in [5.41, 5.74) is 0.00837. The lowest BCUT2D eigenvalue weighted by molar-refractivity contribution is 0.0600. The van der Waals surface area contributed by atoms with Crippen molar-refractivity contribution in [3.63, 3.8) is 0 Å². The Bertz CT molecular complexity index is 1350. The van der Waals surface area contributed by atoms with Gasteiger partial charge in [0, 0.05) is 12.1 Å². The number of carbonyl (C=O) groups excluding carboxylic acids is 1. The Labute approximate surface area is 227 Å². The predicted molar refractivity (Wildman–Crippen MR) is 146 cm³/mol. The number of nitrogens with zero attached hydrogens (tertiary/aromatic N) is 4. The fraction of sp³-hybridized carbons (Fsp3) is 0.464. The molecule has 0 bridgehead atoms. The highest BCUT2D eigenvalue weighted by molar-refractivity contribution is 5.98. The zero-order valence-electron chi connectivity index (χ0n) is 22.8. The van der Waals surface area contributed by atoms with Crippen molar-refractivity contribution >= 4 is 28.9 Å². The number of likely N-dealkylation sites (tertiary alicyclic amines) is 1. The van der Waals surface area contributed by atoms with Crippen LogP contribution < -0.4 is 10.1 Å². The Morgan fingerprint density at radius 2 is 1.95 bits per heavy atom. The topological polar surface area (TPSA) is 139 Å². The van der Waals surface area contributed by atoms with Gasteiger partial charge in [-0.25, -0.2) is 9.59 Å². The first kappa shape index (κ1) is 27.9. The van der Waals surface area contributed by atoms with E-state index in [9.17, 15) is 14.7 Å². The molecular weight excluding hydrogens is 502 g/mol. The number of benzene rings is 2. The Hall–Kier alpha value is -4.15. The summed E-state index contributed by atoms with van der Waals surface area (Å²) in [5.74, 6) is 1.42. The minimum atomic E-state index is -1.35. The number of nitrogens with one attached hydrogen (secondary N) is 1. The molecule has 39 heavy (non-hydrogen) atoms. The van der Waals surface area contributed by atoms with Crippen LogP contribution >= 0.6 is 0 Å². The van der Waals surface area contributed by atoms with Gasteiger partial charge >= 0.3 is 12.2 Å². The van der Waals surface area contributed by atoms with Crippen molar-refractivity contribution in [2.45, 2.75) is 71.4 Å². The molecule has 0 unspecified atom stereocenters. The van der Waals surface area contributed by atoms with E-state index in [1.165, 1.54) is 0 Å². The molecule has 11 nitrogen and oxygen atoms in total. The molecule has 0 spiro atoms. The Kier molecular flexibility index (Phi) is 8.68. The van der Waals surface area contributed by atoms with Crippen molar-refractivity contribution in [1.82, 2.24) is 20.4 Å². The maximum Gasteiger partial charge on any atom is 0.437 e. The van der Waals surface area contributed by atoms with Crippen LogP contribution in [0.25, 0.3) is 22.2 Å². The zero-order valence-corrected chi connectivity index (χ0v) is 22.8. The molecule has 1 aliphatic rings. The van der Waals surface area contributed by atoms with Crippen molar-refractivity contribution in [3.8, 4) is 17.1 Å². The van der Waals surface area contributed by atoms with Gasteiger partial charge in [0.25, 0.3) is 0 Å². The third kappa shape index (κ3) is 7.46. The maximum absolute atomic E-state index is 12.3. The number of carbonyl (C=O) groups is 2. The van der Waals surface area contributed by atoms with Crippen LogP contribution in [0.2, 0.25) is 0 Å². The van der Waals surface area contributed by atoms with Gasteiger partial charge in [0.2, 0.25) is 17.7 Å². The summed E-state index contributed by atoms with van der Waals surface area (Å²) in [6.07, 6.45) is 2.43. The van der Waals surface area contributed by atoms with Crippen molar-refractivity contribution in [2.75, 3.05) is 13.2 Å². The van der Waals surface area contributed by atoms with Gasteiger partial charge < -0.3 is 24.0 Å². The minimum Gasteiger partial charge on any atom is -0.494 e. The van der Waals surface area contributed by atoms with Gasteiger partial charge in [0.05, 0.1) is 6.61 Å². The van der Waals surface area contributed by atoms with Crippen LogP contribution in [0.3, 0.4) is 0 Å². The number of ether oxygens (including phenoxy) is 2. The van der Waals surface area contributed by atoms with E-state index < -0.39 is 23.8 Å². The first-order chi connectivity index (χ1) is 18.6. The standard InChI is InChI=1S/C28H35N5O6/c1-5-6-7-15-37-21-13-12-18-16-20(11-10-19(18)17-21)23-29-24(39-32-23)22-9-8-14-33(22)25(30-26(34)35)31-27(36)38-28(2,3)4/h10-13,16-17,22H,5-9,14-15H2,1-4H3,(H,34,35)(H,30,31,36)/t22-/m0/s1. The number of guanidine groups is 1. The third-order valence-corrected chi connectivity index (χ3v) is 6.15. The fourth-order valence-electron chi connectivity index (χ4n) is 4.39. The first-order valence-electron chi connectivity index (χ1n) is 13.2. The SMILES string of the molecule is CCCCCOc1ccc2cc(-c3noc([C@@H]4CCCN4C(=NC(=O)OC(C)(C)C)NC(=O)O)n3)ccc2c1. The number of carboxylic acid groups (broad SMARTS) is 1. The average Bonchev–Trinajstić information content (AvgIpc) is 3.54. The zero-order chi connectivity index (χ0) is 28.0. The van der Waals surface area contributed by atoms with Gasteiger partial charge in [-0.3, -0.25) is 5.32 Å². The molecule has 1 aromatic heterocycles. The number of fused-ring (bicyclic) bond motifs is 1. The molecule has 208 valence electrons. The van der Waals surface area contributed by atoms with Crippen LogP contribution in [0, 0.1) is 0 Å². The highest BCUT2D eigenvalue weighted by Gasteiger charge is 2.34. The van der Waals surface area contributed by atoms with E-state index in [1.807, 2.05) is 36.4 Å². The molecule has 1 aliphatic heterocycles. The lowest BCUT2D eigenvalue weighted by Gasteiger charge is -2.25. The highest BCUT2D eigenvalue weighted by atomic mass is 16.6. The number of aromatic nitrogens is 2. The fourth-order valence-corrected chi connectivity index (χ4v) is 4.39. The normalized spacial score (nSPS) is 15.9. The molecule has 2 N–H and O–H groups in total. The van der Waals surface area contributed by atoms with Crippen LogP contribution in [0.15, 0.2) is 45.9 Å². The molecule has 3 aromatic rings. The summed E-state index contributed by atoms with van der Waals surface area (Å²) < 4.78 is 16.7. The summed E-state index contributed by atoms with van der Waals surface area (Å²) in [4.78, 5) is 33.9. The molecule has 0 aliphatic carbocycles.